The number of nitrogen functional groups attached to an aromatic ring is 2. The summed E-state index contributed by atoms with van der Waals surface area (Å²) in [5, 5.41) is 4.73. The van der Waals surface area contributed by atoms with Crippen LogP contribution in [0.15, 0.2) is 30.7 Å². The van der Waals surface area contributed by atoms with E-state index in [2.05, 4.69) is 15.0 Å². The Morgan fingerprint density at radius 2 is 2.08 bits per heavy atom. The van der Waals surface area contributed by atoms with Gasteiger partial charge in [0, 0.05) is 29.7 Å². The van der Waals surface area contributed by atoms with E-state index >= 15 is 0 Å². The summed E-state index contributed by atoms with van der Waals surface area (Å²) in [5.74, 6) is 1.09. The van der Waals surface area contributed by atoms with Crippen LogP contribution in [0.1, 0.15) is 18.9 Å². The molecule has 0 spiro atoms. The molecular formula is C16H17N7O. The second kappa shape index (κ2) is 5.48. The van der Waals surface area contributed by atoms with Crippen LogP contribution in [0.4, 0.5) is 11.8 Å². The van der Waals surface area contributed by atoms with Gasteiger partial charge in [-0.05, 0) is 25.0 Å². The molecule has 3 aromatic rings. The van der Waals surface area contributed by atoms with Crippen molar-refractivity contribution >= 4 is 11.8 Å². The van der Waals surface area contributed by atoms with Crippen molar-refractivity contribution in [2.24, 2.45) is 0 Å². The van der Waals surface area contributed by atoms with Gasteiger partial charge in [0.05, 0.1) is 18.8 Å². The first-order valence-corrected chi connectivity index (χ1v) is 7.63. The molecule has 4 rings (SSSR count). The van der Waals surface area contributed by atoms with Crippen LogP contribution in [0.25, 0.3) is 22.5 Å². The summed E-state index contributed by atoms with van der Waals surface area (Å²) in [6.07, 6.45) is 7.59. The van der Waals surface area contributed by atoms with Gasteiger partial charge in [0.25, 0.3) is 0 Å². The molecule has 0 aromatic carbocycles. The Morgan fingerprint density at radius 3 is 2.79 bits per heavy atom. The van der Waals surface area contributed by atoms with Crippen molar-refractivity contribution in [3.8, 4) is 28.3 Å². The number of aromatic nitrogens is 5. The largest absolute Gasteiger partial charge is 0.493 e. The summed E-state index contributed by atoms with van der Waals surface area (Å²) in [4.78, 5) is 12.5. The van der Waals surface area contributed by atoms with Crippen molar-refractivity contribution in [3.05, 3.63) is 30.7 Å². The average Bonchev–Trinajstić information content (AvgIpc) is 3.34. The Labute approximate surface area is 138 Å². The number of ether oxygens (including phenoxy) is 1. The first-order valence-electron chi connectivity index (χ1n) is 7.63. The van der Waals surface area contributed by atoms with Gasteiger partial charge in [-0.15, -0.1) is 0 Å². The highest BCUT2D eigenvalue weighted by molar-refractivity contribution is 5.79. The van der Waals surface area contributed by atoms with Crippen molar-refractivity contribution in [2.45, 2.75) is 18.9 Å². The minimum absolute atomic E-state index is 0.227. The van der Waals surface area contributed by atoms with Crippen molar-refractivity contribution < 1.29 is 4.74 Å². The van der Waals surface area contributed by atoms with E-state index < -0.39 is 0 Å². The van der Waals surface area contributed by atoms with Crippen LogP contribution in [-0.4, -0.2) is 31.8 Å². The van der Waals surface area contributed by atoms with Crippen LogP contribution in [0, 0.1) is 0 Å². The number of hydrogen-bond donors (Lipinski definition) is 2. The van der Waals surface area contributed by atoms with Crippen LogP contribution in [-0.2, 0) is 0 Å². The third kappa shape index (κ3) is 2.51. The monoisotopic (exact) mass is 323 g/mol. The van der Waals surface area contributed by atoms with Crippen molar-refractivity contribution in [1.29, 1.82) is 0 Å². The lowest BCUT2D eigenvalue weighted by atomic mass is 10.1. The van der Waals surface area contributed by atoms with E-state index in [1.54, 1.807) is 19.5 Å². The lowest BCUT2D eigenvalue weighted by Crippen LogP contribution is -1.98. The molecule has 0 amide bonds. The molecular weight excluding hydrogens is 306 g/mol. The van der Waals surface area contributed by atoms with Gasteiger partial charge < -0.3 is 16.2 Å². The fraction of sp³-hybridized carbons (Fsp3) is 0.250. The number of rotatable bonds is 4. The maximum atomic E-state index is 5.81. The predicted molar refractivity (Wildman–Crippen MR) is 90.1 cm³/mol. The normalized spacial score (nSPS) is 13.9. The molecule has 3 heterocycles. The van der Waals surface area contributed by atoms with Crippen molar-refractivity contribution in [2.75, 3.05) is 18.6 Å². The zero-order valence-corrected chi connectivity index (χ0v) is 13.2. The molecule has 0 saturated heterocycles. The van der Waals surface area contributed by atoms with E-state index in [4.69, 9.17) is 21.3 Å². The molecule has 0 aliphatic heterocycles. The first-order chi connectivity index (χ1) is 11.7. The summed E-state index contributed by atoms with van der Waals surface area (Å²) in [6.45, 7) is 0. The highest BCUT2D eigenvalue weighted by Gasteiger charge is 2.27. The lowest BCUT2D eigenvalue weighted by molar-refractivity contribution is 0.415. The van der Waals surface area contributed by atoms with Crippen LogP contribution in [0.5, 0.6) is 5.75 Å². The van der Waals surface area contributed by atoms with Crippen LogP contribution in [0.3, 0.4) is 0 Å². The topological polar surface area (TPSA) is 118 Å². The van der Waals surface area contributed by atoms with Crippen LogP contribution >= 0.6 is 0 Å². The quantitative estimate of drug-likeness (QED) is 0.753. The first kappa shape index (κ1) is 14.4. The highest BCUT2D eigenvalue weighted by Crippen LogP contribution is 2.39. The summed E-state index contributed by atoms with van der Waals surface area (Å²) in [7, 11) is 1.56. The maximum absolute atomic E-state index is 5.81. The second-order valence-electron chi connectivity index (χ2n) is 5.71. The maximum Gasteiger partial charge on any atom is 0.220 e. The molecule has 8 nitrogen and oxygen atoms in total. The molecule has 1 aliphatic carbocycles. The average molecular weight is 323 g/mol. The molecule has 4 N–H and O–H groups in total. The van der Waals surface area contributed by atoms with E-state index in [1.165, 1.54) is 0 Å². The van der Waals surface area contributed by atoms with E-state index in [0.29, 0.717) is 17.6 Å². The van der Waals surface area contributed by atoms with Gasteiger partial charge in [-0.25, -0.2) is 15.0 Å². The zero-order valence-electron chi connectivity index (χ0n) is 13.2. The summed E-state index contributed by atoms with van der Waals surface area (Å²) in [6, 6.07) is 4.09. The Kier molecular flexibility index (Phi) is 3.30. The molecule has 0 bridgehead atoms. The van der Waals surface area contributed by atoms with E-state index in [0.717, 1.165) is 35.4 Å². The number of anilines is 2. The lowest BCUT2D eigenvalue weighted by Gasteiger charge is -2.06. The SMILES string of the molecule is COc1cc(-c2nn(C3CC3)cc2-c2ccnc(N)n2)cnc1N. The number of nitrogens with two attached hydrogens (primary N) is 2. The Hall–Kier alpha value is -3.16. The molecule has 1 saturated carbocycles. The zero-order chi connectivity index (χ0) is 16.7. The number of pyridine rings is 1. The van der Waals surface area contributed by atoms with E-state index in [9.17, 15) is 0 Å². The third-order valence-corrected chi connectivity index (χ3v) is 3.98. The van der Waals surface area contributed by atoms with Gasteiger partial charge in [-0.1, -0.05) is 0 Å². The molecule has 1 fully saturated rings. The molecule has 3 aromatic heterocycles. The van der Waals surface area contributed by atoms with E-state index in [1.807, 2.05) is 23.0 Å². The van der Waals surface area contributed by atoms with Gasteiger partial charge in [-0.2, -0.15) is 5.10 Å². The van der Waals surface area contributed by atoms with Gasteiger partial charge in [-0.3, -0.25) is 4.68 Å². The second-order valence-corrected chi connectivity index (χ2v) is 5.71. The van der Waals surface area contributed by atoms with Crippen LogP contribution < -0.4 is 16.2 Å². The molecule has 0 atom stereocenters. The Morgan fingerprint density at radius 1 is 1.25 bits per heavy atom. The number of methoxy groups -OCH3 is 1. The Bertz CT molecular complexity index is 901. The van der Waals surface area contributed by atoms with Gasteiger partial charge >= 0.3 is 0 Å². The Balaban J connectivity index is 1.87. The number of nitrogens with zero attached hydrogens (tertiary/aromatic N) is 5. The smallest absolute Gasteiger partial charge is 0.220 e. The summed E-state index contributed by atoms with van der Waals surface area (Å²) >= 11 is 0. The summed E-state index contributed by atoms with van der Waals surface area (Å²) in [5.41, 5.74) is 14.7. The van der Waals surface area contributed by atoms with Crippen molar-refractivity contribution in [1.82, 2.24) is 24.7 Å². The van der Waals surface area contributed by atoms with Gasteiger partial charge in [0.15, 0.2) is 11.6 Å². The molecule has 0 unspecified atom stereocenters. The van der Waals surface area contributed by atoms with Crippen molar-refractivity contribution in [3.63, 3.8) is 0 Å². The predicted octanol–water partition coefficient (Wildman–Crippen LogP) is 1.91. The molecule has 8 heteroatoms. The van der Waals surface area contributed by atoms with Gasteiger partial charge in [0.2, 0.25) is 5.95 Å². The minimum atomic E-state index is 0.227. The third-order valence-electron chi connectivity index (χ3n) is 3.98. The standard InChI is InChI=1S/C16H17N7O/c1-24-13-6-9(7-20-15(13)17)14-11(8-23(22-14)10-2-3-10)12-4-5-19-16(18)21-12/h4-8,10H,2-3H2,1H3,(H2,17,20)(H2,18,19,21). The van der Waals surface area contributed by atoms with Gasteiger partial charge in [0.1, 0.15) is 5.69 Å². The summed E-state index contributed by atoms with van der Waals surface area (Å²) < 4.78 is 7.25. The molecule has 1 aliphatic rings. The van der Waals surface area contributed by atoms with Crippen LogP contribution in [0.2, 0.25) is 0 Å². The molecule has 0 radical (unpaired) electrons. The van der Waals surface area contributed by atoms with E-state index in [-0.39, 0.29) is 5.95 Å². The fourth-order valence-electron chi connectivity index (χ4n) is 2.59. The number of hydrogen-bond acceptors (Lipinski definition) is 7. The highest BCUT2D eigenvalue weighted by atomic mass is 16.5. The molecule has 24 heavy (non-hydrogen) atoms. The minimum Gasteiger partial charge on any atom is -0.493 e. The molecule has 122 valence electrons. The fourth-order valence-corrected chi connectivity index (χ4v) is 2.59.